The Hall–Kier alpha value is -2.90. The van der Waals surface area contributed by atoms with E-state index in [1.807, 2.05) is 24.3 Å². The summed E-state index contributed by atoms with van der Waals surface area (Å²) in [6, 6.07) is 12.0. The van der Waals surface area contributed by atoms with Gasteiger partial charge in [0.1, 0.15) is 5.75 Å². The van der Waals surface area contributed by atoms with Crippen molar-refractivity contribution in [2.45, 2.75) is 25.6 Å². The fourth-order valence-electron chi connectivity index (χ4n) is 2.94. The summed E-state index contributed by atoms with van der Waals surface area (Å²) >= 11 is 0. The minimum absolute atomic E-state index is 0.346. The van der Waals surface area contributed by atoms with E-state index in [9.17, 15) is 18.0 Å². The van der Waals surface area contributed by atoms with E-state index in [0.717, 1.165) is 30.9 Å². The van der Waals surface area contributed by atoms with Gasteiger partial charge in [0, 0.05) is 30.2 Å². The van der Waals surface area contributed by atoms with Gasteiger partial charge in [-0.2, -0.15) is 0 Å². The zero-order valence-corrected chi connectivity index (χ0v) is 14.6. The number of benzene rings is 2. The molecule has 1 aliphatic heterocycles. The zero-order chi connectivity index (χ0) is 19.3. The molecule has 0 aliphatic carbocycles. The number of carbonyl (C=O) groups is 1. The van der Waals surface area contributed by atoms with Crippen molar-refractivity contribution in [3.63, 3.8) is 0 Å². The van der Waals surface area contributed by atoms with Crippen LogP contribution in [0.4, 0.5) is 35.0 Å². The Kier molecular flexibility index (Phi) is 5.73. The van der Waals surface area contributed by atoms with Crippen molar-refractivity contribution in [2.24, 2.45) is 0 Å². The molecule has 0 unspecified atom stereocenters. The Balaban J connectivity index is 1.53. The summed E-state index contributed by atoms with van der Waals surface area (Å²) in [7, 11) is 0. The van der Waals surface area contributed by atoms with Crippen molar-refractivity contribution >= 4 is 23.1 Å². The van der Waals surface area contributed by atoms with Crippen molar-refractivity contribution in [3.8, 4) is 5.75 Å². The van der Waals surface area contributed by atoms with Crippen molar-refractivity contribution in [1.82, 2.24) is 0 Å². The molecule has 0 saturated carbocycles. The second-order valence-electron chi connectivity index (χ2n) is 6.25. The summed E-state index contributed by atoms with van der Waals surface area (Å²) in [5.74, 6) is -0.346. The molecular formula is C19H20F3N3O2. The molecule has 0 atom stereocenters. The largest absolute Gasteiger partial charge is 0.573 e. The number of halogens is 3. The van der Waals surface area contributed by atoms with E-state index in [4.69, 9.17) is 0 Å². The number of amides is 2. The number of hydrogen-bond acceptors (Lipinski definition) is 3. The minimum atomic E-state index is -4.74. The monoisotopic (exact) mass is 379 g/mol. The van der Waals surface area contributed by atoms with Gasteiger partial charge in [0.15, 0.2) is 0 Å². The molecule has 0 radical (unpaired) electrons. The molecule has 2 amide bonds. The van der Waals surface area contributed by atoms with Crippen LogP contribution < -0.4 is 20.3 Å². The second kappa shape index (κ2) is 8.20. The van der Waals surface area contributed by atoms with Crippen LogP contribution in [0.15, 0.2) is 48.5 Å². The lowest BCUT2D eigenvalue weighted by Gasteiger charge is -2.28. The molecule has 144 valence electrons. The third kappa shape index (κ3) is 5.80. The third-order valence-corrected chi connectivity index (χ3v) is 4.19. The molecule has 27 heavy (non-hydrogen) atoms. The van der Waals surface area contributed by atoms with Gasteiger partial charge < -0.3 is 20.3 Å². The fraction of sp³-hybridized carbons (Fsp3) is 0.316. The zero-order valence-electron chi connectivity index (χ0n) is 14.6. The van der Waals surface area contributed by atoms with E-state index >= 15 is 0 Å². The minimum Gasteiger partial charge on any atom is -0.406 e. The number of piperidine rings is 1. The molecule has 2 N–H and O–H groups in total. The third-order valence-electron chi connectivity index (χ3n) is 4.19. The lowest BCUT2D eigenvalue weighted by molar-refractivity contribution is -0.274. The highest BCUT2D eigenvalue weighted by molar-refractivity contribution is 5.99. The molecule has 0 aromatic heterocycles. The number of anilines is 3. The molecule has 0 spiro atoms. The number of carbonyl (C=O) groups excluding carboxylic acids is 1. The first-order valence-electron chi connectivity index (χ1n) is 8.68. The van der Waals surface area contributed by atoms with Crippen molar-refractivity contribution in [3.05, 3.63) is 48.5 Å². The molecule has 1 saturated heterocycles. The standard InChI is InChI=1S/C19H20F3N3O2/c20-19(21,22)27-17-10-6-15(7-11-17)24-18(26)23-14-4-8-16(9-5-14)25-12-2-1-3-13-25/h4-11H,1-3,12-13H2,(H2,23,24,26). The maximum atomic E-state index is 12.1. The molecule has 2 aromatic rings. The van der Waals surface area contributed by atoms with Crippen LogP contribution >= 0.6 is 0 Å². The van der Waals surface area contributed by atoms with Crippen LogP contribution in [0.25, 0.3) is 0 Å². The van der Waals surface area contributed by atoms with Crippen LogP contribution in [0, 0.1) is 0 Å². The molecule has 1 heterocycles. The van der Waals surface area contributed by atoms with Crippen LogP contribution in [0.5, 0.6) is 5.75 Å². The normalized spacial score (nSPS) is 14.6. The highest BCUT2D eigenvalue weighted by Gasteiger charge is 2.30. The molecule has 1 aliphatic rings. The fourth-order valence-corrected chi connectivity index (χ4v) is 2.94. The van der Waals surface area contributed by atoms with Gasteiger partial charge in [0.05, 0.1) is 0 Å². The quantitative estimate of drug-likeness (QED) is 0.766. The second-order valence-corrected chi connectivity index (χ2v) is 6.25. The Morgan fingerprint density at radius 2 is 1.37 bits per heavy atom. The summed E-state index contributed by atoms with van der Waals surface area (Å²) in [6.07, 6.45) is -1.10. The Morgan fingerprint density at radius 1 is 0.852 bits per heavy atom. The highest BCUT2D eigenvalue weighted by atomic mass is 19.4. The average molecular weight is 379 g/mol. The van der Waals surface area contributed by atoms with Gasteiger partial charge in [0.25, 0.3) is 0 Å². The van der Waals surface area contributed by atoms with Crippen LogP contribution in [-0.4, -0.2) is 25.5 Å². The number of nitrogens with zero attached hydrogens (tertiary/aromatic N) is 1. The van der Waals surface area contributed by atoms with Gasteiger partial charge in [-0.25, -0.2) is 4.79 Å². The maximum absolute atomic E-state index is 12.1. The van der Waals surface area contributed by atoms with E-state index in [1.54, 1.807) is 0 Å². The van der Waals surface area contributed by atoms with E-state index in [2.05, 4.69) is 20.3 Å². The molecule has 5 nitrogen and oxygen atoms in total. The number of hydrogen-bond donors (Lipinski definition) is 2. The smallest absolute Gasteiger partial charge is 0.406 e. The van der Waals surface area contributed by atoms with E-state index < -0.39 is 12.4 Å². The summed E-state index contributed by atoms with van der Waals surface area (Å²) in [5, 5.41) is 5.25. The molecule has 1 fully saturated rings. The molecular weight excluding hydrogens is 359 g/mol. The van der Waals surface area contributed by atoms with E-state index in [1.165, 1.54) is 31.4 Å². The number of nitrogens with one attached hydrogen (secondary N) is 2. The number of rotatable bonds is 4. The highest BCUT2D eigenvalue weighted by Crippen LogP contribution is 2.24. The van der Waals surface area contributed by atoms with Gasteiger partial charge in [-0.3, -0.25) is 0 Å². The summed E-state index contributed by atoms with van der Waals surface area (Å²) < 4.78 is 40.2. The predicted molar refractivity (Wildman–Crippen MR) is 98.3 cm³/mol. The lowest BCUT2D eigenvalue weighted by atomic mass is 10.1. The average Bonchev–Trinajstić information content (AvgIpc) is 2.63. The first-order chi connectivity index (χ1) is 12.9. The van der Waals surface area contributed by atoms with E-state index in [-0.39, 0.29) is 5.75 Å². The van der Waals surface area contributed by atoms with Crippen LogP contribution in [-0.2, 0) is 0 Å². The van der Waals surface area contributed by atoms with Gasteiger partial charge in [-0.1, -0.05) is 0 Å². The predicted octanol–water partition coefficient (Wildman–Crippen LogP) is 5.22. The maximum Gasteiger partial charge on any atom is 0.573 e. The molecule has 3 rings (SSSR count). The van der Waals surface area contributed by atoms with Gasteiger partial charge in [-0.05, 0) is 67.8 Å². The summed E-state index contributed by atoms with van der Waals surface area (Å²) in [4.78, 5) is 14.4. The Morgan fingerprint density at radius 3 is 1.89 bits per heavy atom. The lowest BCUT2D eigenvalue weighted by Crippen LogP contribution is -2.29. The van der Waals surface area contributed by atoms with Crippen molar-refractivity contribution in [2.75, 3.05) is 28.6 Å². The molecule has 0 bridgehead atoms. The van der Waals surface area contributed by atoms with Gasteiger partial charge >= 0.3 is 12.4 Å². The number of urea groups is 1. The van der Waals surface area contributed by atoms with Crippen molar-refractivity contribution in [1.29, 1.82) is 0 Å². The Bertz CT molecular complexity index is 755. The summed E-state index contributed by atoms with van der Waals surface area (Å²) in [5.41, 5.74) is 2.11. The van der Waals surface area contributed by atoms with Gasteiger partial charge in [-0.15, -0.1) is 13.2 Å². The Labute approximate surface area is 155 Å². The number of alkyl halides is 3. The first-order valence-corrected chi connectivity index (χ1v) is 8.68. The first kappa shape index (κ1) is 18.9. The SMILES string of the molecule is O=C(Nc1ccc(OC(F)(F)F)cc1)Nc1ccc(N2CCCCC2)cc1. The molecule has 2 aromatic carbocycles. The number of ether oxygens (including phenoxy) is 1. The van der Waals surface area contributed by atoms with Crippen molar-refractivity contribution < 1.29 is 22.7 Å². The van der Waals surface area contributed by atoms with Crippen LogP contribution in [0.1, 0.15) is 19.3 Å². The topological polar surface area (TPSA) is 53.6 Å². The van der Waals surface area contributed by atoms with Crippen LogP contribution in [0.2, 0.25) is 0 Å². The molecule has 8 heteroatoms. The van der Waals surface area contributed by atoms with Gasteiger partial charge in [0.2, 0.25) is 0 Å². The van der Waals surface area contributed by atoms with Crippen LogP contribution in [0.3, 0.4) is 0 Å². The summed E-state index contributed by atoms with van der Waals surface area (Å²) in [6.45, 7) is 2.09. The van der Waals surface area contributed by atoms with E-state index in [0.29, 0.717) is 11.4 Å².